The summed E-state index contributed by atoms with van der Waals surface area (Å²) in [4.78, 5) is 14.0. The fraction of sp³-hybridized carbons (Fsp3) is 0.235. The highest BCUT2D eigenvalue weighted by Crippen LogP contribution is 2.45. The van der Waals surface area contributed by atoms with Gasteiger partial charge in [-0.1, -0.05) is 30.3 Å². The van der Waals surface area contributed by atoms with Crippen molar-refractivity contribution < 1.29 is 15.0 Å². The van der Waals surface area contributed by atoms with Gasteiger partial charge in [-0.05, 0) is 36.8 Å². The second-order valence-electron chi connectivity index (χ2n) is 5.35. The van der Waals surface area contributed by atoms with Gasteiger partial charge in [-0.2, -0.15) is 0 Å². The Morgan fingerprint density at radius 2 is 1.67 bits per heavy atom. The molecule has 1 amide bonds. The molecule has 2 aromatic rings. The van der Waals surface area contributed by atoms with E-state index in [9.17, 15) is 15.0 Å². The number of hydrogen-bond donors (Lipinski definition) is 2. The van der Waals surface area contributed by atoms with Crippen LogP contribution in [0.3, 0.4) is 0 Å². The fourth-order valence-corrected chi connectivity index (χ4v) is 2.89. The minimum atomic E-state index is -0.698. The van der Waals surface area contributed by atoms with Gasteiger partial charge in [0.05, 0.1) is 18.1 Å². The molecule has 0 spiro atoms. The van der Waals surface area contributed by atoms with Crippen molar-refractivity contribution in [2.45, 2.75) is 19.1 Å². The Morgan fingerprint density at radius 3 is 2.24 bits per heavy atom. The second-order valence-corrected chi connectivity index (χ2v) is 5.35. The SMILES string of the molecule is C[C@@H](O)[C@@H]1C(=O)N(c2ccc(O)cc2)[C@H]1c1ccccc1. The highest BCUT2D eigenvalue weighted by atomic mass is 16.3. The summed E-state index contributed by atoms with van der Waals surface area (Å²) in [6.45, 7) is 1.65. The molecular weight excluding hydrogens is 266 g/mol. The van der Waals surface area contributed by atoms with Crippen molar-refractivity contribution >= 4 is 11.6 Å². The molecule has 108 valence electrons. The molecule has 3 rings (SSSR count). The maximum Gasteiger partial charge on any atom is 0.235 e. The predicted molar refractivity (Wildman–Crippen MR) is 79.9 cm³/mol. The van der Waals surface area contributed by atoms with Crippen molar-refractivity contribution in [1.29, 1.82) is 0 Å². The summed E-state index contributed by atoms with van der Waals surface area (Å²) in [5, 5.41) is 19.3. The van der Waals surface area contributed by atoms with Crippen molar-refractivity contribution in [2.24, 2.45) is 5.92 Å². The topological polar surface area (TPSA) is 60.8 Å². The minimum Gasteiger partial charge on any atom is -0.508 e. The number of benzene rings is 2. The number of nitrogens with zero attached hydrogens (tertiary/aromatic N) is 1. The van der Waals surface area contributed by atoms with E-state index in [2.05, 4.69) is 0 Å². The fourth-order valence-electron chi connectivity index (χ4n) is 2.89. The maximum atomic E-state index is 12.4. The highest BCUT2D eigenvalue weighted by molar-refractivity contribution is 6.03. The van der Waals surface area contributed by atoms with Gasteiger partial charge in [0.2, 0.25) is 5.91 Å². The zero-order valence-corrected chi connectivity index (χ0v) is 11.7. The standard InChI is InChI=1S/C17H17NO3/c1-11(19)15-16(12-5-3-2-4-6-12)18(17(15)21)13-7-9-14(20)10-8-13/h2-11,15-16,19-20H,1H3/t11-,15+,16+/m1/s1. The Labute approximate surface area is 123 Å². The monoisotopic (exact) mass is 283 g/mol. The molecular formula is C17H17NO3. The number of hydrogen-bond acceptors (Lipinski definition) is 3. The van der Waals surface area contributed by atoms with E-state index >= 15 is 0 Å². The van der Waals surface area contributed by atoms with Gasteiger partial charge in [0.25, 0.3) is 0 Å². The number of carbonyl (C=O) groups excluding carboxylic acids is 1. The lowest BCUT2D eigenvalue weighted by atomic mass is 9.78. The quantitative estimate of drug-likeness (QED) is 0.851. The smallest absolute Gasteiger partial charge is 0.235 e. The van der Waals surface area contributed by atoms with Gasteiger partial charge in [-0.15, -0.1) is 0 Å². The third-order valence-corrected chi connectivity index (χ3v) is 3.93. The molecule has 21 heavy (non-hydrogen) atoms. The average molecular weight is 283 g/mol. The van der Waals surface area contributed by atoms with Gasteiger partial charge < -0.3 is 15.1 Å². The molecule has 0 unspecified atom stereocenters. The van der Waals surface area contributed by atoms with Crippen LogP contribution in [-0.4, -0.2) is 22.2 Å². The lowest BCUT2D eigenvalue weighted by Gasteiger charge is -2.48. The molecule has 0 radical (unpaired) electrons. The summed E-state index contributed by atoms with van der Waals surface area (Å²) in [7, 11) is 0. The van der Waals surface area contributed by atoms with Gasteiger partial charge in [-0.25, -0.2) is 0 Å². The molecule has 0 bridgehead atoms. The summed E-state index contributed by atoms with van der Waals surface area (Å²) < 4.78 is 0. The van der Waals surface area contributed by atoms with Gasteiger partial charge in [0, 0.05) is 5.69 Å². The van der Waals surface area contributed by atoms with Crippen LogP contribution in [0.5, 0.6) is 5.75 Å². The van der Waals surface area contributed by atoms with Gasteiger partial charge >= 0.3 is 0 Å². The first-order valence-electron chi connectivity index (χ1n) is 6.94. The number of phenolic OH excluding ortho intramolecular Hbond substituents is 1. The van der Waals surface area contributed by atoms with E-state index in [1.165, 1.54) is 0 Å². The van der Waals surface area contributed by atoms with E-state index in [4.69, 9.17) is 0 Å². The Hall–Kier alpha value is -2.33. The zero-order valence-electron chi connectivity index (χ0n) is 11.7. The first-order valence-corrected chi connectivity index (χ1v) is 6.94. The van der Waals surface area contributed by atoms with E-state index in [0.717, 1.165) is 11.3 Å². The lowest BCUT2D eigenvalue weighted by molar-refractivity contribution is -0.135. The van der Waals surface area contributed by atoms with Gasteiger partial charge in [0.15, 0.2) is 0 Å². The summed E-state index contributed by atoms with van der Waals surface area (Å²) >= 11 is 0. The van der Waals surface area contributed by atoms with Crippen LogP contribution in [0.25, 0.3) is 0 Å². The molecule has 4 heteroatoms. The number of phenols is 1. The van der Waals surface area contributed by atoms with E-state index < -0.39 is 12.0 Å². The van der Waals surface area contributed by atoms with Gasteiger partial charge in [0.1, 0.15) is 5.75 Å². The van der Waals surface area contributed by atoms with E-state index in [-0.39, 0.29) is 17.7 Å². The summed E-state index contributed by atoms with van der Waals surface area (Å²) in [6.07, 6.45) is -0.698. The number of amides is 1. The van der Waals surface area contributed by atoms with Crippen LogP contribution in [-0.2, 0) is 4.79 Å². The molecule has 0 aromatic heterocycles. The third kappa shape index (κ3) is 2.28. The molecule has 0 saturated carbocycles. The van der Waals surface area contributed by atoms with Crippen molar-refractivity contribution in [3.05, 3.63) is 60.2 Å². The Bertz CT molecular complexity index is 637. The largest absolute Gasteiger partial charge is 0.508 e. The molecule has 3 atom stereocenters. The molecule has 0 aliphatic carbocycles. The number of aliphatic hydroxyl groups is 1. The van der Waals surface area contributed by atoms with Crippen LogP contribution >= 0.6 is 0 Å². The molecule has 2 aromatic carbocycles. The molecule has 1 aliphatic heterocycles. The van der Waals surface area contributed by atoms with E-state index in [0.29, 0.717) is 0 Å². The summed E-state index contributed by atoms with van der Waals surface area (Å²) in [5.41, 5.74) is 1.72. The van der Waals surface area contributed by atoms with Crippen molar-refractivity contribution in [3.8, 4) is 5.75 Å². The van der Waals surface area contributed by atoms with Crippen LogP contribution in [0.2, 0.25) is 0 Å². The van der Waals surface area contributed by atoms with Crippen LogP contribution < -0.4 is 4.90 Å². The molecule has 4 nitrogen and oxygen atoms in total. The maximum absolute atomic E-state index is 12.4. The highest BCUT2D eigenvalue weighted by Gasteiger charge is 2.50. The Morgan fingerprint density at radius 1 is 1.05 bits per heavy atom. The molecule has 1 aliphatic rings. The number of β-lactam (4-membered cyclic amide) rings is 1. The number of rotatable bonds is 3. The predicted octanol–water partition coefficient (Wildman–Crippen LogP) is 2.48. The Kier molecular flexibility index (Phi) is 3.39. The normalized spacial score (nSPS) is 22.8. The second kappa shape index (κ2) is 5.22. The lowest BCUT2D eigenvalue weighted by Crippen LogP contribution is -2.58. The van der Waals surface area contributed by atoms with Gasteiger partial charge in [-0.3, -0.25) is 4.79 Å². The average Bonchev–Trinajstić information content (AvgIpc) is 2.47. The van der Waals surface area contributed by atoms with Crippen molar-refractivity contribution in [1.82, 2.24) is 0 Å². The number of carbonyl (C=O) groups is 1. The van der Waals surface area contributed by atoms with Crippen LogP contribution in [0.15, 0.2) is 54.6 Å². The van der Waals surface area contributed by atoms with E-state index in [1.54, 1.807) is 36.1 Å². The summed E-state index contributed by atoms with van der Waals surface area (Å²) in [5.74, 6) is -0.360. The third-order valence-electron chi connectivity index (χ3n) is 3.93. The van der Waals surface area contributed by atoms with Crippen LogP contribution in [0, 0.1) is 5.92 Å². The minimum absolute atomic E-state index is 0.0930. The first-order chi connectivity index (χ1) is 10.1. The van der Waals surface area contributed by atoms with Crippen molar-refractivity contribution in [2.75, 3.05) is 4.90 Å². The van der Waals surface area contributed by atoms with E-state index in [1.807, 2.05) is 30.3 Å². The Balaban J connectivity index is 1.99. The number of aliphatic hydroxyl groups excluding tert-OH is 1. The van der Waals surface area contributed by atoms with Crippen LogP contribution in [0.1, 0.15) is 18.5 Å². The van der Waals surface area contributed by atoms with Crippen LogP contribution in [0.4, 0.5) is 5.69 Å². The number of aromatic hydroxyl groups is 1. The molecule has 1 fully saturated rings. The van der Waals surface area contributed by atoms with Crippen molar-refractivity contribution in [3.63, 3.8) is 0 Å². The number of anilines is 1. The molecule has 1 saturated heterocycles. The molecule has 1 heterocycles. The molecule has 2 N–H and O–H groups in total. The zero-order chi connectivity index (χ0) is 15.0. The first kappa shape index (κ1) is 13.6. The summed E-state index contributed by atoms with van der Waals surface area (Å²) in [6, 6.07) is 16.0.